The molecular weight excluding hydrogens is 221 g/mol. The molecule has 0 bridgehead atoms. The lowest BCUT2D eigenvalue weighted by molar-refractivity contribution is 0.315. The number of aliphatic imine (C=N–C) groups is 1. The Kier molecular flexibility index (Phi) is 4.77. The Morgan fingerprint density at radius 3 is 3.14 bits per heavy atom. The van der Waals surface area contributed by atoms with E-state index in [0.29, 0.717) is 11.6 Å². The smallest absolute Gasteiger partial charge is 0.130 e. The zero-order chi connectivity index (χ0) is 10.4. The summed E-state index contributed by atoms with van der Waals surface area (Å²) in [6.07, 6.45) is 7.11. The van der Waals surface area contributed by atoms with Crippen molar-refractivity contribution < 1.29 is 4.74 Å². The van der Waals surface area contributed by atoms with Crippen LogP contribution in [-0.2, 0) is 4.74 Å². The number of halogens is 2. The molecule has 0 spiro atoms. The van der Waals surface area contributed by atoms with E-state index >= 15 is 0 Å². The van der Waals surface area contributed by atoms with Crippen LogP contribution in [-0.4, -0.2) is 18.3 Å². The third kappa shape index (κ3) is 3.20. The first-order valence-corrected chi connectivity index (χ1v) is 5.10. The van der Waals surface area contributed by atoms with E-state index in [1.54, 1.807) is 18.4 Å². The molecule has 0 N–H and O–H groups in total. The van der Waals surface area contributed by atoms with Crippen molar-refractivity contribution >= 4 is 28.9 Å². The predicted octanol–water partition coefficient (Wildman–Crippen LogP) is 3.24. The Labute approximate surface area is 93.6 Å². The van der Waals surface area contributed by atoms with Crippen LogP contribution in [0.4, 0.5) is 0 Å². The maximum atomic E-state index is 5.92. The van der Waals surface area contributed by atoms with Crippen LogP contribution in [0.5, 0.6) is 0 Å². The van der Waals surface area contributed by atoms with Crippen molar-refractivity contribution in [2.24, 2.45) is 4.99 Å². The molecule has 2 nitrogen and oxygen atoms in total. The molecule has 0 atom stereocenters. The van der Waals surface area contributed by atoms with E-state index in [1.165, 1.54) is 0 Å². The number of rotatable bonds is 3. The van der Waals surface area contributed by atoms with Gasteiger partial charge in [-0.1, -0.05) is 17.7 Å². The maximum Gasteiger partial charge on any atom is 0.130 e. The normalized spacial score (nSPS) is 20.4. The van der Waals surface area contributed by atoms with Crippen molar-refractivity contribution in [2.45, 2.75) is 6.92 Å². The van der Waals surface area contributed by atoms with E-state index in [9.17, 15) is 0 Å². The minimum Gasteiger partial charge on any atom is -0.494 e. The molecular formula is C10H11Cl2NO. The summed E-state index contributed by atoms with van der Waals surface area (Å²) in [5.41, 5.74) is 1.72. The fraction of sp³-hybridized carbons (Fsp3) is 0.300. The molecule has 0 aromatic heterocycles. The largest absolute Gasteiger partial charge is 0.494 e. The highest BCUT2D eigenvalue weighted by Crippen LogP contribution is 2.15. The van der Waals surface area contributed by atoms with Gasteiger partial charge in [0.05, 0.1) is 12.0 Å². The summed E-state index contributed by atoms with van der Waals surface area (Å²) in [4.78, 5) is 4.08. The van der Waals surface area contributed by atoms with E-state index in [0.717, 1.165) is 11.3 Å². The summed E-state index contributed by atoms with van der Waals surface area (Å²) in [5, 5.41) is 0.645. The van der Waals surface area contributed by atoms with E-state index in [4.69, 9.17) is 27.9 Å². The highest BCUT2D eigenvalue weighted by atomic mass is 35.5. The third-order valence-electron chi connectivity index (χ3n) is 1.63. The fourth-order valence-corrected chi connectivity index (χ4v) is 1.43. The van der Waals surface area contributed by atoms with Gasteiger partial charge in [-0.05, 0) is 19.1 Å². The van der Waals surface area contributed by atoms with E-state index in [1.807, 2.05) is 13.0 Å². The number of allylic oxidation sites excluding steroid dienone is 4. The van der Waals surface area contributed by atoms with E-state index in [2.05, 4.69) is 4.99 Å². The molecule has 0 fully saturated rings. The molecule has 1 rings (SSSR count). The molecule has 1 aliphatic heterocycles. The average molecular weight is 232 g/mol. The fourth-order valence-electron chi connectivity index (χ4n) is 1.04. The van der Waals surface area contributed by atoms with Crippen molar-refractivity contribution in [1.29, 1.82) is 0 Å². The van der Waals surface area contributed by atoms with Gasteiger partial charge in [-0.15, -0.1) is 11.6 Å². The van der Waals surface area contributed by atoms with Gasteiger partial charge in [-0.2, -0.15) is 0 Å². The number of nitrogens with zero attached hydrogens (tertiary/aromatic N) is 1. The van der Waals surface area contributed by atoms with Crippen LogP contribution >= 0.6 is 23.2 Å². The third-order valence-corrected chi connectivity index (χ3v) is 1.99. The zero-order valence-corrected chi connectivity index (χ0v) is 9.35. The quantitative estimate of drug-likeness (QED) is 0.416. The highest BCUT2D eigenvalue weighted by Gasteiger charge is 2.11. The topological polar surface area (TPSA) is 21.6 Å². The van der Waals surface area contributed by atoms with Crippen molar-refractivity contribution in [2.75, 3.05) is 12.6 Å². The van der Waals surface area contributed by atoms with Crippen molar-refractivity contribution in [3.63, 3.8) is 0 Å². The first kappa shape index (κ1) is 11.3. The van der Waals surface area contributed by atoms with Gasteiger partial charge in [0, 0.05) is 10.6 Å². The summed E-state index contributed by atoms with van der Waals surface area (Å²) < 4.78 is 5.12. The van der Waals surface area contributed by atoms with Crippen molar-refractivity contribution in [3.8, 4) is 0 Å². The van der Waals surface area contributed by atoms with E-state index < -0.39 is 0 Å². The summed E-state index contributed by atoms with van der Waals surface area (Å²) in [6, 6.07) is 0.241. The van der Waals surface area contributed by atoms with Gasteiger partial charge in [-0.3, -0.25) is 4.99 Å². The van der Waals surface area contributed by atoms with Gasteiger partial charge in [0.25, 0.3) is 0 Å². The Balaban J connectivity index is 2.78. The molecule has 0 aromatic rings. The number of alkyl halides is 1. The Bertz CT molecular complexity index is 316. The molecule has 1 aliphatic rings. The van der Waals surface area contributed by atoms with Crippen LogP contribution in [0.2, 0.25) is 0 Å². The first-order valence-electron chi connectivity index (χ1n) is 4.19. The SMILES string of the molecule is C/C=C\C(Cl)=C/C1=COC/C1=N\CCl. The van der Waals surface area contributed by atoms with Crippen LogP contribution < -0.4 is 0 Å². The summed E-state index contributed by atoms with van der Waals surface area (Å²) in [5.74, 6) is 0. The average Bonchev–Trinajstić information content (AvgIpc) is 2.54. The molecule has 0 saturated heterocycles. The lowest BCUT2D eigenvalue weighted by Crippen LogP contribution is -2.01. The van der Waals surface area contributed by atoms with Crippen LogP contribution in [0.15, 0.2) is 40.1 Å². The van der Waals surface area contributed by atoms with E-state index in [-0.39, 0.29) is 6.00 Å². The van der Waals surface area contributed by atoms with Gasteiger partial charge in [0.2, 0.25) is 0 Å². The Morgan fingerprint density at radius 1 is 1.71 bits per heavy atom. The maximum absolute atomic E-state index is 5.92. The standard InChI is InChI=1S/C10H11Cl2NO/c1-2-3-9(12)4-8-5-14-6-10(8)13-7-11/h2-5H,6-7H2,1H3/b3-2-,9-4+,13-10+. The Morgan fingerprint density at radius 2 is 2.50 bits per heavy atom. The first-order chi connectivity index (χ1) is 6.77. The van der Waals surface area contributed by atoms with Crippen LogP contribution in [0, 0.1) is 0 Å². The molecule has 0 aliphatic carbocycles. The molecule has 0 amide bonds. The van der Waals surface area contributed by atoms with Crippen molar-refractivity contribution in [3.05, 3.63) is 35.1 Å². The number of hydrogen-bond donors (Lipinski definition) is 0. The van der Waals surface area contributed by atoms with Gasteiger partial charge >= 0.3 is 0 Å². The molecule has 0 aromatic carbocycles. The molecule has 4 heteroatoms. The van der Waals surface area contributed by atoms with Gasteiger partial charge < -0.3 is 4.74 Å². The van der Waals surface area contributed by atoms with Gasteiger partial charge in [-0.25, -0.2) is 0 Å². The molecule has 14 heavy (non-hydrogen) atoms. The molecule has 0 saturated carbocycles. The molecule has 0 radical (unpaired) electrons. The molecule has 76 valence electrons. The lowest BCUT2D eigenvalue weighted by Gasteiger charge is -1.95. The van der Waals surface area contributed by atoms with Crippen LogP contribution in [0.3, 0.4) is 0 Å². The number of hydrogen-bond acceptors (Lipinski definition) is 2. The monoisotopic (exact) mass is 231 g/mol. The predicted molar refractivity (Wildman–Crippen MR) is 60.9 cm³/mol. The van der Waals surface area contributed by atoms with Crippen LogP contribution in [0.25, 0.3) is 0 Å². The van der Waals surface area contributed by atoms with Gasteiger partial charge in [0.1, 0.15) is 12.6 Å². The second-order valence-electron chi connectivity index (χ2n) is 2.64. The van der Waals surface area contributed by atoms with Crippen molar-refractivity contribution in [1.82, 2.24) is 0 Å². The second-order valence-corrected chi connectivity index (χ2v) is 3.31. The minimum absolute atomic E-state index is 0.241. The lowest BCUT2D eigenvalue weighted by atomic mass is 10.2. The summed E-state index contributed by atoms with van der Waals surface area (Å²) in [6.45, 7) is 2.38. The Hall–Kier alpha value is -0.730. The minimum atomic E-state index is 0.241. The van der Waals surface area contributed by atoms with Gasteiger partial charge in [0.15, 0.2) is 0 Å². The molecule has 0 unspecified atom stereocenters. The van der Waals surface area contributed by atoms with Crippen LogP contribution in [0.1, 0.15) is 6.92 Å². The highest BCUT2D eigenvalue weighted by molar-refractivity contribution is 6.31. The zero-order valence-electron chi connectivity index (χ0n) is 7.84. The summed E-state index contributed by atoms with van der Waals surface area (Å²) >= 11 is 11.4. The summed E-state index contributed by atoms with van der Waals surface area (Å²) in [7, 11) is 0. The number of ether oxygens (including phenoxy) is 1. The molecule has 1 heterocycles. The second kappa shape index (κ2) is 5.89.